The van der Waals surface area contributed by atoms with Crippen LogP contribution >= 0.6 is 24.0 Å². The molecule has 0 bridgehead atoms. The van der Waals surface area contributed by atoms with Crippen molar-refractivity contribution < 1.29 is 9.59 Å². The zero-order chi connectivity index (χ0) is 18.8. The monoisotopic (exact) mass is 393 g/mol. The summed E-state index contributed by atoms with van der Waals surface area (Å²) in [5.41, 5.74) is 4.87. The number of carbonyl (C=O) groups is 2. The number of aromatic nitrogens is 3. The van der Waals surface area contributed by atoms with Gasteiger partial charge in [0.2, 0.25) is 0 Å². The molecule has 9 heteroatoms. The van der Waals surface area contributed by atoms with Crippen molar-refractivity contribution >= 4 is 57.2 Å². The zero-order valence-electron chi connectivity index (χ0n) is 13.7. The molecule has 1 aliphatic heterocycles. The fraction of sp³-hybridized carbons (Fsp3) is 0. The summed E-state index contributed by atoms with van der Waals surface area (Å²) < 4.78 is 0.234. The second-order valence-electron chi connectivity index (χ2n) is 5.48. The van der Waals surface area contributed by atoms with Gasteiger partial charge in [-0.2, -0.15) is 5.01 Å². The molecule has 3 aromatic rings. The van der Waals surface area contributed by atoms with E-state index in [1.54, 1.807) is 30.6 Å². The number of thiocarbonyl (C=S) groups is 1. The molecule has 27 heavy (non-hydrogen) atoms. The number of fused-ring (bicyclic) bond motifs is 1. The number of hydrogen-bond donors (Lipinski definition) is 1. The second kappa shape index (κ2) is 7.22. The smallest absolute Gasteiger partial charge is 0.267 e. The van der Waals surface area contributed by atoms with E-state index in [9.17, 15) is 9.59 Å². The summed E-state index contributed by atoms with van der Waals surface area (Å²) in [6.07, 6.45) is 6.16. The minimum Gasteiger partial charge on any atom is -0.267 e. The maximum absolute atomic E-state index is 12.6. The van der Waals surface area contributed by atoms with Crippen LogP contribution < -0.4 is 5.43 Å². The van der Waals surface area contributed by atoms with Crippen molar-refractivity contribution in [3.63, 3.8) is 0 Å². The Bertz CT molecular complexity index is 1100. The highest BCUT2D eigenvalue weighted by Gasteiger charge is 2.34. The van der Waals surface area contributed by atoms with Crippen LogP contribution in [0, 0.1) is 0 Å². The van der Waals surface area contributed by atoms with Crippen LogP contribution in [0.5, 0.6) is 0 Å². The quantitative estimate of drug-likeness (QED) is 0.540. The molecule has 4 rings (SSSR count). The molecule has 0 saturated carbocycles. The van der Waals surface area contributed by atoms with Crippen LogP contribution in [0.1, 0.15) is 16.1 Å². The maximum Gasteiger partial charge on any atom is 0.285 e. The Kier molecular flexibility index (Phi) is 4.61. The second-order valence-corrected chi connectivity index (χ2v) is 7.16. The minimum atomic E-state index is -0.467. The summed E-state index contributed by atoms with van der Waals surface area (Å²) in [4.78, 5) is 37.9. The molecule has 1 aromatic carbocycles. The highest BCUT2D eigenvalue weighted by Crippen LogP contribution is 2.31. The third kappa shape index (κ3) is 3.55. The van der Waals surface area contributed by atoms with Gasteiger partial charge in [0.1, 0.15) is 0 Å². The number of amides is 2. The van der Waals surface area contributed by atoms with Gasteiger partial charge in [-0.05, 0) is 42.6 Å². The Morgan fingerprint density at radius 3 is 2.74 bits per heavy atom. The molecule has 0 spiro atoms. The summed E-state index contributed by atoms with van der Waals surface area (Å²) in [6.45, 7) is 0. The first-order valence-electron chi connectivity index (χ1n) is 7.82. The number of nitrogens with one attached hydrogen (secondary N) is 1. The van der Waals surface area contributed by atoms with E-state index in [1.807, 2.05) is 24.3 Å². The van der Waals surface area contributed by atoms with E-state index in [4.69, 9.17) is 12.2 Å². The van der Waals surface area contributed by atoms with E-state index in [0.29, 0.717) is 16.2 Å². The number of thioether (sulfide) groups is 1. The van der Waals surface area contributed by atoms with E-state index in [2.05, 4.69) is 20.4 Å². The fourth-order valence-corrected chi connectivity index (χ4v) is 3.57. The van der Waals surface area contributed by atoms with Crippen molar-refractivity contribution in [1.82, 2.24) is 25.4 Å². The molecule has 132 valence electrons. The highest BCUT2D eigenvalue weighted by atomic mass is 32.2. The summed E-state index contributed by atoms with van der Waals surface area (Å²) >= 11 is 6.31. The summed E-state index contributed by atoms with van der Waals surface area (Å²) in [7, 11) is 0. The average Bonchev–Trinajstić information content (AvgIpc) is 2.96. The van der Waals surface area contributed by atoms with Crippen molar-refractivity contribution in [3.05, 3.63) is 71.2 Å². The first-order chi connectivity index (χ1) is 13.1. The molecule has 1 aliphatic rings. The van der Waals surface area contributed by atoms with Crippen molar-refractivity contribution in [3.8, 4) is 0 Å². The number of pyridine rings is 1. The van der Waals surface area contributed by atoms with Gasteiger partial charge in [-0.25, -0.2) is 4.98 Å². The third-order valence-corrected chi connectivity index (χ3v) is 4.98. The lowest BCUT2D eigenvalue weighted by atomic mass is 10.3. The first kappa shape index (κ1) is 17.3. The molecule has 0 unspecified atom stereocenters. The van der Waals surface area contributed by atoms with Gasteiger partial charge in [0.15, 0.2) is 4.32 Å². The van der Waals surface area contributed by atoms with Crippen LogP contribution in [-0.2, 0) is 4.79 Å². The Hall–Kier alpha value is -3.17. The molecule has 1 N–H and O–H groups in total. The van der Waals surface area contributed by atoms with Gasteiger partial charge in [0, 0.05) is 12.4 Å². The van der Waals surface area contributed by atoms with Gasteiger partial charge < -0.3 is 0 Å². The molecule has 0 aliphatic carbocycles. The largest absolute Gasteiger partial charge is 0.285 e. The van der Waals surface area contributed by atoms with Crippen LogP contribution in [0.25, 0.3) is 17.1 Å². The summed E-state index contributed by atoms with van der Waals surface area (Å²) in [5, 5.41) is 1.05. The van der Waals surface area contributed by atoms with Crippen LogP contribution in [0.15, 0.2) is 59.9 Å². The lowest BCUT2D eigenvalue weighted by Crippen LogP contribution is -2.44. The first-order valence-corrected chi connectivity index (χ1v) is 9.05. The Balaban J connectivity index is 1.56. The number of rotatable bonds is 3. The molecule has 2 amide bonds. The lowest BCUT2D eigenvalue weighted by molar-refractivity contribution is -0.123. The van der Waals surface area contributed by atoms with Gasteiger partial charge in [-0.15, -0.1) is 0 Å². The molecule has 0 atom stereocenters. The van der Waals surface area contributed by atoms with Gasteiger partial charge >= 0.3 is 0 Å². The van der Waals surface area contributed by atoms with E-state index in [-0.39, 0.29) is 4.32 Å². The highest BCUT2D eigenvalue weighted by molar-refractivity contribution is 8.26. The van der Waals surface area contributed by atoms with Gasteiger partial charge in [0.05, 0.1) is 33.4 Å². The topological polar surface area (TPSA) is 88.1 Å². The predicted molar refractivity (Wildman–Crippen MR) is 106 cm³/mol. The summed E-state index contributed by atoms with van der Waals surface area (Å²) in [6, 6.07) is 10.7. The molecular weight excluding hydrogens is 382 g/mol. The van der Waals surface area contributed by atoms with Crippen LogP contribution in [0.3, 0.4) is 0 Å². The Morgan fingerprint density at radius 1 is 1.15 bits per heavy atom. The van der Waals surface area contributed by atoms with Crippen molar-refractivity contribution in [2.75, 3.05) is 0 Å². The normalized spacial score (nSPS) is 15.6. The number of hydrazine groups is 1. The van der Waals surface area contributed by atoms with Crippen molar-refractivity contribution in [2.45, 2.75) is 0 Å². The predicted octanol–water partition coefficient (Wildman–Crippen LogP) is 2.57. The molecule has 7 nitrogen and oxygen atoms in total. The molecule has 1 saturated heterocycles. The molecule has 2 aromatic heterocycles. The van der Waals surface area contributed by atoms with Gasteiger partial charge in [-0.3, -0.25) is 25.0 Å². The number of benzene rings is 1. The van der Waals surface area contributed by atoms with Crippen molar-refractivity contribution in [1.29, 1.82) is 0 Å². The number of para-hydroxylation sites is 2. The summed E-state index contributed by atoms with van der Waals surface area (Å²) in [5.74, 6) is -0.886. The van der Waals surface area contributed by atoms with Crippen LogP contribution in [-0.4, -0.2) is 36.1 Å². The van der Waals surface area contributed by atoms with Crippen molar-refractivity contribution in [2.24, 2.45) is 0 Å². The van der Waals surface area contributed by atoms with E-state index >= 15 is 0 Å². The number of carbonyl (C=O) groups excluding carboxylic acids is 2. The minimum absolute atomic E-state index is 0.234. The maximum atomic E-state index is 12.6. The Morgan fingerprint density at radius 2 is 1.96 bits per heavy atom. The third-order valence-electron chi connectivity index (χ3n) is 3.68. The SMILES string of the molecule is O=C(NN1C(=O)/C(=C\c2cnc3ccccc3n2)SC1=S)c1cccnc1. The molecule has 0 radical (unpaired) electrons. The number of hydrogen-bond acceptors (Lipinski definition) is 7. The zero-order valence-corrected chi connectivity index (χ0v) is 15.3. The fourth-order valence-electron chi connectivity index (χ4n) is 2.40. The van der Waals surface area contributed by atoms with E-state index in [0.717, 1.165) is 27.8 Å². The standard InChI is InChI=1S/C18H11N5O2S2/c24-16(11-4-3-7-19-9-11)22-23-17(25)15(27-18(23)26)8-12-10-20-13-5-1-2-6-14(13)21-12/h1-10H,(H,22,24)/b15-8+. The van der Waals surface area contributed by atoms with Gasteiger partial charge in [0.25, 0.3) is 11.8 Å². The van der Waals surface area contributed by atoms with Gasteiger partial charge in [-0.1, -0.05) is 23.9 Å². The number of nitrogens with zero attached hydrogens (tertiary/aromatic N) is 4. The average molecular weight is 393 g/mol. The van der Waals surface area contributed by atoms with E-state index in [1.165, 1.54) is 6.20 Å². The molecular formula is C18H11N5O2S2. The molecule has 1 fully saturated rings. The lowest BCUT2D eigenvalue weighted by Gasteiger charge is -2.15. The van der Waals surface area contributed by atoms with Crippen LogP contribution in [0.2, 0.25) is 0 Å². The van der Waals surface area contributed by atoms with E-state index < -0.39 is 11.8 Å². The molecule has 3 heterocycles. The van der Waals surface area contributed by atoms with Crippen LogP contribution in [0.4, 0.5) is 0 Å². The Labute approximate surface area is 163 Å².